The Balaban J connectivity index is 0.000000339. The van der Waals surface area contributed by atoms with Crippen molar-refractivity contribution in [3.05, 3.63) is 72.8 Å². The van der Waals surface area contributed by atoms with Gasteiger partial charge in [-0.3, -0.25) is 0 Å². The quantitative estimate of drug-likeness (QED) is 0.343. The molecule has 3 aromatic rings. The molecule has 0 bridgehead atoms. The molecule has 0 atom stereocenters. The molecule has 0 radical (unpaired) electrons. The summed E-state index contributed by atoms with van der Waals surface area (Å²) in [6, 6.07) is 18.4. The number of phenolic OH excluding ortho intramolecular Hbond substituents is 6. The van der Waals surface area contributed by atoms with Crippen LogP contribution in [-0.2, 0) is 0 Å². The number of para-hydroxylation sites is 6. The van der Waals surface area contributed by atoms with E-state index in [1.54, 1.807) is 36.4 Å². The van der Waals surface area contributed by atoms with Crippen molar-refractivity contribution in [2.75, 3.05) is 0 Å². The molecule has 0 unspecified atom stereocenters. The van der Waals surface area contributed by atoms with E-state index >= 15 is 0 Å². The lowest BCUT2D eigenvalue weighted by atomic mass is 10.3. The largest absolute Gasteiger partial charge is 0.504 e. The van der Waals surface area contributed by atoms with Gasteiger partial charge in [0, 0.05) is 0 Å². The molecule has 6 N–H and O–H groups in total. The first kappa shape index (κ1) is 21.5. The minimum absolute atomic E-state index is 0. The summed E-state index contributed by atoms with van der Waals surface area (Å²) in [5.74, 6) is -0.458. The van der Waals surface area contributed by atoms with Crippen LogP contribution >= 0.6 is 0 Å². The van der Waals surface area contributed by atoms with Crippen LogP contribution in [0.5, 0.6) is 34.5 Å². The molecule has 3 rings (SSSR count). The summed E-state index contributed by atoms with van der Waals surface area (Å²) in [6.07, 6.45) is 0. The van der Waals surface area contributed by atoms with Crippen LogP contribution in [0.4, 0.5) is 0 Å². The Bertz CT molecular complexity index is 592. The molecule has 0 aromatic heterocycles. The molecule has 0 heterocycles. The first-order valence-electron chi connectivity index (χ1n) is 6.82. The van der Waals surface area contributed by atoms with Gasteiger partial charge in [0.25, 0.3) is 0 Å². The maximum Gasteiger partial charge on any atom is 0.157 e. The summed E-state index contributed by atoms with van der Waals surface area (Å²) >= 11 is 0. The highest BCUT2D eigenvalue weighted by molar-refractivity contribution is 5.37. The van der Waals surface area contributed by atoms with E-state index in [0.29, 0.717) is 0 Å². The third-order valence-corrected chi connectivity index (χ3v) is 2.65. The maximum absolute atomic E-state index is 8.67. The van der Waals surface area contributed by atoms with E-state index in [2.05, 4.69) is 0 Å². The Hall–Kier alpha value is -3.54. The van der Waals surface area contributed by atoms with Crippen molar-refractivity contribution < 1.29 is 30.6 Å². The van der Waals surface area contributed by atoms with E-state index in [1.807, 2.05) is 0 Å². The van der Waals surface area contributed by atoms with Crippen molar-refractivity contribution in [1.29, 1.82) is 0 Å². The van der Waals surface area contributed by atoms with Gasteiger partial charge in [-0.05, 0) is 36.4 Å². The van der Waals surface area contributed by atoms with Gasteiger partial charge in [0.15, 0.2) is 34.5 Å². The Kier molecular flexibility index (Phi) is 9.50. The summed E-state index contributed by atoms with van der Waals surface area (Å²) < 4.78 is 0. The van der Waals surface area contributed by atoms with Crippen molar-refractivity contribution in [1.82, 2.24) is 0 Å². The number of hydrogen-bond donors (Lipinski definition) is 6. The number of aromatic hydroxyl groups is 6. The summed E-state index contributed by atoms with van der Waals surface area (Å²) in [6.45, 7) is 0. The molecule has 0 saturated carbocycles. The third-order valence-electron chi connectivity index (χ3n) is 2.65. The molecule has 25 heavy (non-hydrogen) atoms. The normalized spacial score (nSPS) is 8.64. The summed E-state index contributed by atoms with van der Waals surface area (Å²) in [7, 11) is 0. The number of hydrogen-bond acceptors (Lipinski definition) is 6. The van der Waals surface area contributed by atoms with Gasteiger partial charge in [0.2, 0.25) is 0 Å². The first-order chi connectivity index (χ1) is 11.4. The molecule has 0 spiro atoms. The van der Waals surface area contributed by atoms with Gasteiger partial charge in [0.1, 0.15) is 0 Å². The van der Waals surface area contributed by atoms with Gasteiger partial charge < -0.3 is 30.6 Å². The fraction of sp³-hybridized carbons (Fsp3) is 0.0526. The zero-order valence-corrected chi connectivity index (χ0v) is 12.6. The van der Waals surface area contributed by atoms with Gasteiger partial charge in [-0.2, -0.15) is 0 Å². The predicted octanol–water partition coefficient (Wildman–Crippen LogP) is 3.93. The molecule has 0 fully saturated rings. The lowest BCUT2D eigenvalue weighted by Crippen LogP contribution is -1.63. The lowest BCUT2D eigenvalue weighted by Gasteiger charge is -1.91. The van der Waals surface area contributed by atoms with E-state index in [1.165, 1.54) is 36.4 Å². The molecule has 0 aliphatic carbocycles. The molecule has 134 valence electrons. The summed E-state index contributed by atoms with van der Waals surface area (Å²) in [4.78, 5) is 0. The monoisotopic (exact) mass is 346 g/mol. The van der Waals surface area contributed by atoms with E-state index < -0.39 is 0 Å². The van der Waals surface area contributed by atoms with Crippen LogP contribution in [0.1, 0.15) is 7.43 Å². The van der Waals surface area contributed by atoms with Crippen molar-refractivity contribution in [3.8, 4) is 34.5 Å². The van der Waals surface area contributed by atoms with Crippen LogP contribution < -0.4 is 0 Å². The van der Waals surface area contributed by atoms with Gasteiger partial charge in [-0.1, -0.05) is 43.8 Å². The fourth-order valence-corrected chi connectivity index (χ4v) is 1.39. The number of rotatable bonds is 0. The molecule has 0 amide bonds. The molecular formula is C19H22O6. The molecule has 6 nitrogen and oxygen atoms in total. The fourth-order valence-electron chi connectivity index (χ4n) is 1.39. The summed E-state index contributed by atoms with van der Waals surface area (Å²) in [5.41, 5.74) is 0. The van der Waals surface area contributed by atoms with Crippen LogP contribution in [0, 0.1) is 0 Å². The molecule has 0 saturated heterocycles. The van der Waals surface area contributed by atoms with Gasteiger partial charge >= 0.3 is 0 Å². The van der Waals surface area contributed by atoms with E-state index in [9.17, 15) is 0 Å². The Morgan fingerprint density at radius 1 is 0.320 bits per heavy atom. The van der Waals surface area contributed by atoms with E-state index in [-0.39, 0.29) is 41.9 Å². The van der Waals surface area contributed by atoms with E-state index in [0.717, 1.165) is 0 Å². The Morgan fingerprint density at radius 2 is 0.440 bits per heavy atom. The van der Waals surface area contributed by atoms with Crippen LogP contribution in [0.25, 0.3) is 0 Å². The van der Waals surface area contributed by atoms with Crippen LogP contribution in [-0.4, -0.2) is 30.6 Å². The van der Waals surface area contributed by atoms with Crippen molar-refractivity contribution in [3.63, 3.8) is 0 Å². The van der Waals surface area contributed by atoms with Gasteiger partial charge in [-0.15, -0.1) is 0 Å². The highest BCUT2D eigenvalue weighted by Gasteiger charge is 1.91. The van der Waals surface area contributed by atoms with Gasteiger partial charge in [-0.25, -0.2) is 0 Å². The van der Waals surface area contributed by atoms with Crippen molar-refractivity contribution >= 4 is 0 Å². The highest BCUT2D eigenvalue weighted by Crippen LogP contribution is 2.22. The second-order valence-electron chi connectivity index (χ2n) is 4.47. The molecular weight excluding hydrogens is 324 g/mol. The molecule has 6 heteroatoms. The maximum atomic E-state index is 8.67. The predicted molar refractivity (Wildman–Crippen MR) is 96.0 cm³/mol. The lowest BCUT2D eigenvalue weighted by molar-refractivity contribution is 0.404. The standard InChI is InChI=1S/3C6H6O2.CH4/c3*7-5-3-1-2-4-6(5)8;/h3*1-4,7-8H;1H4. The topological polar surface area (TPSA) is 121 Å². The first-order valence-corrected chi connectivity index (χ1v) is 6.82. The van der Waals surface area contributed by atoms with Gasteiger partial charge in [0.05, 0.1) is 0 Å². The minimum atomic E-state index is -0.0764. The van der Waals surface area contributed by atoms with E-state index in [4.69, 9.17) is 30.6 Å². The number of phenols is 6. The zero-order chi connectivity index (χ0) is 17.9. The zero-order valence-electron chi connectivity index (χ0n) is 12.6. The van der Waals surface area contributed by atoms with Crippen molar-refractivity contribution in [2.45, 2.75) is 7.43 Å². The highest BCUT2D eigenvalue weighted by atomic mass is 16.3. The average Bonchev–Trinajstić information content (AvgIpc) is 2.57. The van der Waals surface area contributed by atoms with Crippen LogP contribution in [0.15, 0.2) is 72.8 Å². The SMILES string of the molecule is C.Oc1ccccc1O.Oc1ccccc1O.Oc1ccccc1O. The molecule has 0 aliphatic heterocycles. The summed E-state index contributed by atoms with van der Waals surface area (Å²) in [5, 5.41) is 52.0. The molecule has 3 aromatic carbocycles. The second-order valence-corrected chi connectivity index (χ2v) is 4.47. The Labute approximate surface area is 146 Å². The van der Waals surface area contributed by atoms with Crippen LogP contribution in [0.2, 0.25) is 0 Å². The smallest absolute Gasteiger partial charge is 0.157 e. The Morgan fingerprint density at radius 3 is 0.520 bits per heavy atom. The van der Waals surface area contributed by atoms with Crippen molar-refractivity contribution in [2.24, 2.45) is 0 Å². The average molecular weight is 346 g/mol. The number of benzene rings is 3. The minimum Gasteiger partial charge on any atom is -0.504 e. The second kappa shape index (κ2) is 11.1. The molecule has 0 aliphatic rings. The van der Waals surface area contributed by atoms with Crippen LogP contribution in [0.3, 0.4) is 0 Å². The third kappa shape index (κ3) is 8.03.